The molecule has 0 saturated carbocycles. The first kappa shape index (κ1) is 15.8. The first-order chi connectivity index (χ1) is 10.00. The molecule has 0 aliphatic carbocycles. The number of amides is 1. The van der Waals surface area contributed by atoms with Gasteiger partial charge in [0.25, 0.3) is 5.91 Å². The zero-order valence-corrected chi connectivity index (χ0v) is 12.6. The largest absolute Gasteiger partial charge is 0.484 e. The quantitative estimate of drug-likeness (QED) is 0.882. The smallest absolute Gasteiger partial charge is 0.255 e. The summed E-state index contributed by atoms with van der Waals surface area (Å²) in [4.78, 5) is 10.9. The topological polar surface area (TPSA) is 89.7 Å². The summed E-state index contributed by atoms with van der Waals surface area (Å²) in [5.41, 5.74) is 4.99. The minimum absolute atomic E-state index is 0.224. The molecule has 0 aromatic heterocycles. The number of benzene rings is 1. The molecule has 7 heteroatoms. The number of nitrogens with zero attached hydrogens (tertiary/aromatic N) is 1. The van der Waals surface area contributed by atoms with Crippen LogP contribution in [-0.4, -0.2) is 38.3 Å². The fourth-order valence-corrected chi connectivity index (χ4v) is 3.81. The highest BCUT2D eigenvalue weighted by molar-refractivity contribution is 7.89. The normalized spacial score (nSPS) is 17.1. The summed E-state index contributed by atoms with van der Waals surface area (Å²) in [7, 11) is -3.45. The highest BCUT2D eigenvalue weighted by atomic mass is 32.2. The Hall–Kier alpha value is -1.60. The molecule has 1 heterocycles. The summed E-state index contributed by atoms with van der Waals surface area (Å²) < 4.78 is 31.7. The number of ether oxygens (including phenoxy) is 1. The monoisotopic (exact) mass is 312 g/mol. The van der Waals surface area contributed by atoms with Crippen LogP contribution in [-0.2, 0) is 14.8 Å². The summed E-state index contributed by atoms with van der Waals surface area (Å²) in [6.45, 7) is 0.919. The Balaban J connectivity index is 2.10. The predicted molar refractivity (Wildman–Crippen MR) is 78.4 cm³/mol. The van der Waals surface area contributed by atoms with Gasteiger partial charge in [-0.2, -0.15) is 4.31 Å². The van der Waals surface area contributed by atoms with Gasteiger partial charge in [0.05, 0.1) is 4.90 Å². The Morgan fingerprint density at radius 3 is 2.19 bits per heavy atom. The van der Waals surface area contributed by atoms with Crippen LogP contribution in [0.4, 0.5) is 0 Å². The van der Waals surface area contributed by atoms with Gasteiger partial charge >= 0.3 is 0 Å². The van der Waals surface area contributed by atoms with Crippen LogP contribution in [0.1, 0.15) is 25.7 Å². The lowest BCUT2D eigenvalue weighted by molar-refractivity contribution is -0.119. The minimum Gasteiger partial charge on any atom is -0.484 e. The van der Waals surface area contributed by atoms with Gasteiger partial charge in [-0.3, -0.25) is 4.79 Å². The van der Waals surface area contributed by atoms with E-state index in [2.05, 4.69) is 0 Å². The Labute approximate surface area is 124 Å². The van der Waals surface area contributed by atoms with Crippen LogP contribution in [0.25, 0.3) is 0 Å². The fraction of sp³-hybridized carbons (Fsp3) is 0.500. The molecule has 0 unspecified atom stereocenters. The van der Waals surface area contributed by atoms with Crippen molar-refractivity contribution in [2.24, 2.45) is 5.73 Å². The SMILES string of the molecule is NC(=O)COc1ccc(S(=O)(=O)N2CCCCCC2)cc1. The van der Waals surface area contributed by atoms with E-state index in [1.807, 2.05) is 0 Å². The van der Waals surface area contributed by atoms with Crippen LogP contribution in [0.2, 0.25) is 0 Å². The number of carbonyl (C=O) groups excluding carboxylic acids is 1. The van der Waals surface area contributed by atoms with E-state index in [0.29, 0.717) is 18.8 Å². The molecule has 1 amide bonds. The molecule has 0 spiro atoms. The first-order valence-corrected chi connectivity index (χ1v) is 8.45. The van der Waals surface area contributed by atoms with E-state index in [1.54, 1.807) is 4.31 Å². The lowest BCUT2D eigenvalue weighted by Gasteiger charge is -2.20. The standard InChI is InChI=1S/C14H20N2O4S/c15-14(17)11-20-12-5-7-13(8-6-12)21(18,19)16-9-3-1-2-4-10-16/h5-8H,1-4,9-11H2,(H2,15,17). The van der Waals surface area contributed by atoms with E-state index in [0.717, 1.165) is 25.7 Å². The van der Waals surface area contributed by atoms with Crippen molar-refractivity contribution in [3.63, 3.8) is 0 Å². The number of sulfonamides is 1. The zero-order chi connectivity index (χ0) is 15.3. The molecule has 1 saturated heterocycles. The number of carbonyl (C=O) groups is 1. The van der Waals surface area contributed by atoms with Crippen LogP contribution in [0, 0.1) is 0 Å². The highest BCUT2D eigenvalue weighted by Crippen LogP contribution is 2.22. The summed E-state index contributed by atoms with van der Waals surface area (Å²) in [6.07, 6.45) is 3.95. The van der Waals surface area contributed by atoms with Crippen LogP contribution in [0.3, 0.4) is 0 Å². The van der Waals surface area contributed by atoms with Crippen molar-refractivity contribution in [2.45, 2.75) is 30.6 Å². The third-order valence-corrected chi connectivity index (χ3v) is 5.32. The van der Waals surface area contributed by atoms with Crippen LogP contribution in [0.5, 0.6) is 5.75 Å². The van der Waals surface area contributed by atoms with E-state index < -0.39 is 15.9 Å². The van der Waals surface area contributed by atoms with Gasteiger partial charge in [-0.1, -0.05) is 12.8 Å². The van der Waals surface area contributed by atoms with Crippen molar-refractivity contribution >= 4 is 15.9 Å². The summed E-state index contributed by atoms with van der Waals surface area (Å²) >= 11 is 0. The molecule has 116 valence electrons. The van der Waals surface area contributed by atoms with Crippen molar-refractivity contribution in [3.8, 4) is 5.75 Å². The maximum absolute atomic E-state index is 12.5. The Morgan fingerprint density at radius 2 is 1.67 bits per heavy atom. The summed E-state index contributed by atoms with van der Waals surface area (Å²) in [5, 5.41) is 0. The summed E-state index contributed by atoms with van der Waals surface area (Å²) in [5.74, 6) is -0.153. The molecule has 2 N–H and O–H groups in total. The number of nitrogens with two attached hydrogens (primary N) is 1. The Morgan fingerprint density at radius 1 is 1.10 bits per heavy atom. The van der Waals surface area contributed by atoms with Crippen molar-refractivity contribution in [1.82, 2.24) is 4.31 Å². The molecule has 21 heavy (non-hydrogen) atoms. The molecule has 0 bridgehead atoms. The number of rotatable bonds is 5. The van der Waals surface area contributed by atoms with E-state index in [1.165, 1.54) is 24.3 Å². The van der Waals surface area contributed by atoms with Gasteiger partial charge < -0.3 is 10.5 Å². The van der Waals surface area contributed by atoms with E-state index in [-0.39, 0.29) is 11.5 Å². The molecule has 0 radical (unpaired) electrons. The van der Waals surface area contributed by atoms with Crippen LogP contribution < -0.4 is 10.5 Å². The lowest BCUT2D eigenvalue weighted by Crippen LogP contribution is -2.31. The molecular weight excluding hydrogens is 292 g/mol. The van der Waals surface area contributed by atoms with Crippen molar-refractivity contribution in [2.75, 3.05) is 19.7 Å². The van der Waals surface area contributed by atoms with E-state index in [4.69, 9.17) is 10.5 Å². The number of primary amides is 1. The summed E-state index contributed by atoms with van der Waals surface area (Å²) in [6, 6.07) is 6.06. The number of hydrogen-bond donors (Lipinski definition) is 1. The molecule has 6 nitrogen and oxygen atoms in total. The van der Waals surface area contributed by atoms with Gasteiger partial charge in [0.1, 0.15) is 5.75 Å². The zero-order valence-electron chi connectivity index (χ0n) is 11.8. The Bertz CT molecular complexity index is 575. The van der Waals surface area contributed by atoms with Crippen LogP contribution in [0.15, 0.2) is 29.2 Å². The average molecular weight is 312 g/mol. The molecule has 1 aliphatic heterocycles. The second-order valence-corrected chi connectivity index (χ2v) is 6.98. The van der Waals surface area contributed by atoms with Gasteiger partial charge in [-0.25, -0.2) is 8.42 Å². The van der Waals surface area contributed by atoms with Gasteiger partial charge in [-0.05, 0) is 37.1 Å². The minimum atomic E-state index is -3.45. The second-order valence-electron chi connectivity index (χ2n) is 5.04. The van der Waals surface area contributed by atoms with Gasteiger partial charge in [0.2, 0.25) is 10.0 Å². The van der Waals surface area contributed by atoms with E-state index >= 15 is 0 Å². The molecule has 1 fully saturated rings. The molecule has 1 aromatic rings. The van der Waals surface area contributed by atoms with Crippen LogP contribution >= 0.6 is 0 Å². The lowest BCUT2D eigenvalue weighted by atomic mass is 10.2. The van der Waals surface area contributed by atoms with Crippen molar-refractivity contribution in [3.05, 3.63) is 24.3 Å². The average Bonchev–Trinajstić information content (AvgIpc) is 2.75. The second kappa shape index (κ2) is 6.91. The first-order valence-electron chi connectivity index (χ1n) is 7.01. The molecule has 2 rings (SSSR count). The molecule has 1 aromatic carbocycles. The maximum Gasteiger partial charge on any atom is 0.255 e. The third kappa shape index (κ3) is 4.18. The third-order valence-electron chi connectivity index (χ3n) is 3.41. The van der Waals surface area contributed by atoms with Gasteiger partial charge in [0.15, 0.2) is 6.61 Å². The molecule has 0 atom stereocenters. The van der Waals surface area contributed by atoms with Gasteiger partial charge in [0, 0.05) is 13.1 Å². The number of hydrogen-bond acceptors (Lipinski definition) is 4. The maximum atomic E-state index is 12.5. The highest BCUT2D eigenvalue weighted by Gasteiger charge is 2.24. The van der Waals surface area contributed by atoms with E-state index in [9.17, 15) is 13.2 Å². The predicted octanol–water partition coefficient (Wildman–Crippen LogP) is 1.12. The molecule has 1 aliphatic rings. The fourth-order valence-electron chi connectivity index (χ4n) is 2.29. The molecular formula is C14H20N2O4S. The Kier molecular flexibility index (Phi) is 5.19. The van der Waals surface area contributed by atoms with Crippen molar-refractivity contribution < 1.29 is 17.9 Å². The van der Waals surface area contributed by atoms with Gasteiger partial charge in [-0.15, -0.1) is 0 Å². The van der Waals surface area contributed by atoms with Crippen molar-refractivity contribution in [1.29, 1.82) is 0 Å².